The van der Waals surface area contributed by atoms with E-state index in [0.29, 0.717) is 23.8 Å². The fraction of sp³-hybridized carbons (Fsp3) is 0.357. The fourth-order valence-corrected chi connectivity index (χ4v) is 1.89. The molecule has 0 amide bonds. The molecule has 0 atom stereocenters. The average Bonchev–Trinajstić information content (AvgIpc) is 3.12. The van der Waals surface area contributed by atoms with Crippen LogP contribution >= 0.6 is 0 Å². The Hall–Kier alpha value is -1.82. The predicted octanol–water partition coefficient (Wildman–Crippen LogP) is 3.61. The second-order valence-electron chi connectivity index (χ2n) is 4.88. The third-order valence-corrected chi connectivity index (χ3v) is 3.14. The zero-order valence-corrected chi connectivity index (χ0v) is 10.6. The summed E-state index contributed by atoms with van der Waals surface area (Å²) in [5.74, 6) is 0.212. The third kappa shape index (κ3) is 3.01. The van der Waals surface area contributed by atoms with Gasteiger partial charge in [0.05, 0.1) is 11.3 Å². The van der Waals surface area contributed by atoms with Gasteiger partial charge in [0.2, 0.25) is 5.89 Å². The highest BCUT2D eigenvalue weighted by atomic mass is 19.4. The number of alkyl halides is 3. The maximum atomic E-state index is 12.6. The number of nitrogens with one attached hydrogen (secondary N) is 1. The van der Waals surface area contributed by atoms with Crippen molar-refractivity contribution in [2.24, 2.45) is 0 Å². The number of hydrogen-bond acceptors (Lipinski definition) is 3. The molecule has 0 radical (unpaired) electrons. The van der Waals surface area contributed by atoms with Gasteiger partial charge in [0.25, 0.3) is 0 Å². The first kappa shape index (κ1) is 13.2. The Balaban J connectivity index is 1.78. The van der Waals surface area contributed by atoms with Crippen molar-refractivity contribution in [3.8, 4) is 11.5 Å². The van der Waals surface area contributed by atoms with Gasteiger partial charge < -0.3 is 9.73 Å². The summed E-state index contributed by atoms with van der Waals surface area (Å²) in [4.78, 5) is 4.21. The Labute approximate surface area is 113 Å². The van der Waals surface area contributed by atoms with Gasteiger partial charge in [-0.3, -0.25) is 0 Å². The standard InChI is InChI=1S/C14H13F3N2O/c15-14(16,17)10-3-1-2-9(6-10)13-19-12(8-20-13)7-18-11-4-5-11/h1-3,6,8,11,18H,4-5,7H2. The normalized spacial score (nSPS) is 15.6. The van der Waals surface area contributed by atoms with Gasteiger partial charge in [-0.2, -0.15) is 13.2 Å². The summed E-state index contributed by atoms with van der Waals surface area (Å²) in [7, 11) is 0. The molecule has 0 unspecified atom stereocenters. The minimum absolute atomic E-state index is 0.212. The van der Waals surface area contributed by atoms with Gasteiger partial charge in [-0.15, -0.1) is 0 Å². The van der Waals surface area contributed by atoms with Crippen molar-refractivity contribution in [1.29, 1.82) is 0 Å². The van der Waals surface area contributed by atoms with Gasteiger partial charge in [-0.1, -0.05) is 6.07 Å². The molecule has 0 bridgehead atoms. The van der Waals surface area contributed by atoms with E-state index in [1.165, 1.54) is 25.2 Å². The number of halogens is 3. The summed E-state index contributed by atoms with van der Waals surface area (Å²) in [6, 6.07) is 5.53. The summed E-state index contributed by atoms with van der Waals surface area (Å²) in [6.45, 7) is 0.577. The second kappa shape index (κ2) is 4.94. The molecule has 0 spiro atoms. The van der Waals surface area contributed by atoms with Crippen LogP contribution in [-0.2, 0) is 12.7 Å². The topological polar surface area (TPSA) is 38.1 Å². The third-order valence-electron chi connectivity index (χ3n) is 3.14. The largest absolute Gasteiger partial charge is 0.444 e. The molecule has 106 valence electrons. The molecule has 1 heterocycles. The van der Waals surface area contributed by atoms with E-state index in [1.54, 1.807) is 6.07 Å². The van der Waals surface area contributed by atoms with E-state index in [2.05, 4.69) is 10.3 Å². The number of oxazole rings is 1. The number of hydrogen-bond donors (Lipinski definition) is 1. The molecular weight excluding hydrogens is 269 g/mol. The van der Waals surface area contributed by atoms with E-state index in [-0.39, 0.29) is 5.89 Å². The van der Waals surface area contributed by atoms with E-state index in [1.807, 2.05) is 0 Å². The van der Waals surface area contributed by atoms with Gasteiger partial charge in [-0.05, 0) is 31.0 Å². The fourth-order valence-electron chi connectivity index (χ4n) is 1.89. The lowest BCUT2D eigenvalue weighted by Crippen LogP contribution is -2.15. The lowest BCUT2D eigenvalue weighted by Gasteiger charge is -2.06. The molecule has 1 saturated carbocycles. The SMILES string of the molecule is FC(F)(F)c1cccc(-c2nc(CNC3CC3)co2)c1. The Kier molecular flexibility index (Phi) is 3.25. The maximum Gasteiger partial charge on any atom is 0.416 e. The zero-order valence-electron chi connectivity index (χ0n) is 10.6. The van der Waals surface area contributed by atoms with Crippen LogP contribution in [0.2, 0.25) is 0 Å². The van der Waals surface area contributed by atoms with Crippen LogP contribution in [0, 0.1) is 0 Å². The maximum absolute atomic E-state index is 12.6. The van der Waals surface area contributed by atoms with E-state index in [4.69, 9.17) is 4.42 Å². The lowest BCUT2D eigenvalue weighted by molar-refractivity contribution is -0.137. The number of benzene rings is 1. The van der Waals surface area contributed by atoms with Crippen LogP contribution in [0.3, 0.4) is 0 Å². The summed E-state index contributed by atoms with van der Waals surface area (Å²) < 4.78 is 43.2. The first-order valence-electron chi connectivity index (χ1n) is 6.38. The molecule has 6 heteroatoms. The van der Waals surface area contributed by atoms with Crippen LogP contribution in [0.4, 0.5) is 13.2 Å². The highest BCUT2D eigenvalue weighted by Crippen LogP contribution is 2.32. The van der Waals surface area contributed by atoms with Crippen LogP contribution in [0.5, 0.6) is 0 Å². The highest BCUT2D eigenvalue weighted by molar-refractivity contribution is 5.54. The minimum atomic E-state index is -4.36. The second-order valence-corrected chi connectivity index (χ2v) is 4.88. The molecule has 0 saturated heterocycles. The molecule has 3 nitrogen and oxygen atoms in total. The molecule has 1 fully saturated rings. The molecule has 1 aromatic heterocycles. The molecule has 0 aliphatic heterocycles. The van der Waals surface area contributed by atoms with Crippen molar-refractivity contribution < 1.29 is 17.6 Å². The van der Waals surface area contributed by atoms with Crippen LogP contribution in [0.25, 0.3) is 11.5 Å². The lowest BCUT2D eigenvalue weighted by atomic mass is 10.1. The summed E-state index contributed by atoms with van der Waals surface area (Å²) in [5, 5.41) is 3.27. The van der Waals surface area contributed by atoms with E-state index in [9.17, 15) is 13.2 Å². The van der Waals surface area contributed by atoms with Crippen LogP contribution in [-0.4, -0.2) is 11.0 Å². The van der Waals surface area contributed by atoms with Crippen molar-refractivity contribution in [2.45, 2.75) is 31.6 Å². The van der Waals surface area contributed by atoms with Gasteiger partial charge in [-0.25, -0.2) is 4.98 Å². The van der Waals surface area contributed by atoms with E-state index < -0.39 is 11.7 Å². The first-order chi connectivity index (χ1) is 9.52. The van der Waals surface area contributed by atoms with Crippen molar-refractivity contribution in [2.75, 3.05) is 0 Å². The van der Waals surface area contributed by atoms with Gasteiger partial charge in [0.1, 0.15) is 6.26 Å². The van der Waals surface area contributed by atoms with Crippen molar-refractivity contribution in [3.05, 3.63) is 41.8 Å². The first-order valence-corrected chi connectivity index (χ1v) is 6.38. The minimum Gasteiger partial charge on any atom is -0.444 e. The summed E-state index contributed by atoms with van der Waals surface area (Å²) in [6.07, 6.45) is -0.555. The van der Waals surface area contributed by atoms with Crippen molar-refractivity contribution >= 4 is 0 Å². The van der Waals surface area contributed by atoms with Crippen molar-refractivity contribution in [3.63, 3.8) is 0 Å². The monoisotopic (exact) mass is 282 g/mol. The van der Waals surface area contributed by atoms with Gasteiger partial charge in [0, 0.05) is 18.2 Å². The van der Waals surface area contributed by atoms with Gasteiger partial charge >= 0.3 is 6.18 Å². The molecule has 20 heavy (non-hydrogen) atoms. The summed E-state index contributed by atoms with van der Waals surface area (Å²) >= 11 is 0. The molecular formula is C14H13F3N2O. The molecule has 2 aromatic rings. The number of rotatable bonds is 4. The zero-order chi connectivity index (χ0) is 14.2. The van der Waals surface area contributed by atoms with Crippen LogP contribution in [0.15, 0.2) is 34.9 Å². The Bertz CT molecular complexity index is 602. The molecule has 3 rings (SSSR count). The quantitative estimate of drug-likeness (QED) is 0.931. The van der Waals surface area contributed by atoms with Crippen LogP contribution < -0.4 is 5.32 Å². The van der Waals surface area contributed by atoms with Crippen LogP contribution in [0.1, 0.15) is 24.1 Å². The Morgan fingerprint density at radius 2 is 2.10 bits per heavy atom. The average molecular weight is 282 g/mol. The number of nitrogens with zero attached hydrogens (tertiary/aromatic N) is 1. The van der Waals surface area contributed by atoms with Crippen molar-refractivity contribution in [1.82, 2.24) is 10.3 Å². The van der Waals surface area contributed by atoms with Gasteiger partial charge in [0.15, 0.2) is 0 Å². The molecule has 1 aliphatic carbocycles. The molecule has 1 aromatic carbocycles. The predicted molar refractivity (Wildman–Crippen MR) is 66.8 cm³/mol. The Morgan fingerprint density at radius 1 is 1.30 bits per heavy atom. The highest BCUT2D eigenvalue weighted by Gasteiger charge is 2.30. The van der Waals surface area contributed by atoms with E-state index in [0.717, 1.165) is 12.1 Å². The molecule has 1 aliphatic rings. The van der Waals surface area contributed by atoms with E-state index >= 15 is 0 Å². The summed E-state index contributed by atoms with van der Waals surface area (Å²) in [5.41, 5.74) is 0.327. The number of aromatic nitrogens is 1. The Morgan fingerprint density at radius 3 is 2.80 bits per heavy atom. The molecule has 1 N–H and O–H groups in total. The smallest absolute Gasteiger partial charge is 0.416 e.